The molecular formula is C23H18N4O2. The Morgan fingerprint density at radius 1 is 0.759 bits per heavy atom. The number of hydrogen-bond donors (Lipinski definition) is 0. The van der Waals surface area contributed by atoms with Crippen LogP contribution in [0.2, 0.25) is 0 Å². The first-order valence-electron chi connectivity index (χ1n) is 9.23. The Bertz CT molecular complexity index is 1190. The molecule has 4 rings (SSSR count). The van der Waals surface area contributed by atoms with E-state index < -0.39 is 0 Å². The highest BCUT2D eigenvalue weighted by Gasteiger charge is 2.18. The van der Waals surface area contributed by atoms with Crippen molar-refractivity contribution in [3.63, 3.8) is 0 Å². The van der Waals surface area contributed by atoms with E-state index in [9.17, 15) is 9.59 Å². The maximum absolute atomic E-state index is 12.7. The van der Waals surface area contributed by atoms with Gasteiger partial charge in [0.1, 0.15) is 0 Å². The van der Waals surface area contributed by atoms with Crippen molar-refractivity contribution in [2.75, 3.05) is 0 Å². The van der Waals surface area contributed by atoms with Gasteiger partial charge < -0.3 is 0 Å². The van der Waals surface area contributed by atoms with E-state index in [0.29, 0.717) is 33.5 Å². The summed E-state index contributed by atoms with van der Waals surface area (Å²) in [6, 6.07) is 12.6. The van der Waals surface area contributed by atoms with Gasteiger partial charge in [-0.3, -0.25) is 19.6 Å². The molecule has 0 aliphatic heterocycles. The van der Waals surface area contributed by atoms with E-state index in [-0.39, 0.29) is 24.4 Å². The minimum absolute atomic E-state index is 0.0537. The molecule has 0 saturated heterocycles. The second kappa shape index (κ2) is 8.06. The summed E-state index contributed by atoms with van der Waals surface area (Å²) in [6.07, 6.45) is 6.40. The molecule has 0 fully saturated rings. The highest BCUT2D eigenvalue weighted by Crippen LogP contribution is 2.18. The van der Waals surface area contributed by atoms with E-state index in [0.717, 1.165) is 5.56 Å². The van der Waals surface area contributed by atoms with Crippen molar-refractivity contribution < 1.29 is 9.59 Å². The normalized spacial score (nSPS) is 10.8. The molecular weight excluding hydrogens is 364 g/mol. The number of hydrogen-bond acceptors (Lipinski definition) is 6. The van der Waals surface area contributed by atoms with Crippen LogP contribution in [0.25, 0.3) is 11.0 Å². The van der Waals surface area contributed by atoms with E-state index in [1.807, 2.05) is 25.1 Å². The van der Waals surface area contributed by atoms with Crippen LogP contribution in [0.15, 0.2) is 67.3 Å². The first-order valence-corrected chi connectivity index (χ1v) is 9.23. The zero-order valence-corrected chi connectivity index (χ0v) is 15.9. The average Bonchev–Trinajstić information content (AvgIpc) is 2.75. The fourth-order valence-electron chi connectivity index (χ4n) is 3.08. The molecule has 142 valence electrons. The monoisotopic (exact) mass is 382 g/mol. The fourth-order valence-corrected chi connectivity index (χ4v) is 3.08. The lowest BCUT2D eigenvalue weighted by molar-refractivity contribution is 0.0976. The van der Waals surface area contributed by atoms with Crippen LogP contribution in [0.1, 0.15) is 37.7 Å². The first kappa shape index (κ1) is 18.6. The van der Waals surface area contributed by atoms with Gasteiger partial charge in [0.2, 0.25) is 0 Å². The molecule has 3 heterocycles. The number of benzene rings is 1. The molecule has 0 aliphatic rings. The van der Waals surface area contributed by atoms with E-state index in [1.165, 1.54) is 12.4 Å². The molecule has 0 N–H and O–H groups in total. The summed E-state index contributed by atoms with van der Waals surface area (Å²) in [4.78, 5) is 42.8. The van der Waals surface area contributed by atoms with Gasteiger partial charge in [-0.05, 0) is 48.9 Å². The van der Waals surface area contributed by atoms with Crippen LogP contribution in [-0.2, 0) is 12.8 Å². The quantitative estimate of drug-likeness (QED) is 0.474. The Hall–Kier alpha value is -3.80. The van der Waals surface area contributed by atoms with Gasteiger partial charge in [0, 0.05) is 35.9 Å². The number of carbonyl (C=O) groups excluding carboxylic acids is 2. The lowest BCUT2D eigenvalue weighted by atomic mass is 10.0. The minimum Gasteiger partial charge on any atom is -0.294 e. The largest absolute Gasteiger partial charge is 0.294 e. The number of fused-ring (bicyclic) bond motifs is 1. The van der Waals surface area contributed by atoms with Crippen LogP contribution in [0.4, 0.5) is 0 Å². The van der Waals surface area contributed by atoms with Crippen LogP contribution >= 0.6 is 0 Å². The smallest absolute Gasteiger partial charge is 0.170 e. The Balaban J connectivity index is 1.72. The summed E-state index contributed by atoms with van der Waals surface area (Å²) in [5.74, 6) is -0.233. The van der Waals surface area contributed by atoms with E-state index >= 15 is 0 Å². The van der Waals surface area contributed by atoms with Crippen molar-refractivity contribution in [2.24, 2.45) is 0 Å². The predicted octanol–water partition coefficient (Wildman–Crippen LogP) is 3.58. The Morgan fingerprint density at radius 2 is 1.31 bits per heavy atom. The molecule has 3 aromatic heterocycles. The number of nitrogens with zero attached hydrogens (tertiary/aromatic N) is 4. The summed E-state index contributed by atoms with van der Waals surface area (Å²) in [5.41, 5.74) is 4.47. The van der Waals surface area contributed by atoms with Crippen molar-refractivity contribution >= 4 is 22.6 Å². The third-order valence-corrected chi connectivity index (χ3v) is 4.60. The van der Waals surface area contributed by atoms with E-state index in [4.69, 9.17) is 0 Å². The zero-order valence-electron chi connectivity index (χ0n) is 15.9. The van der Waals surface area contributed by atoms with Crippen molar-refractivity contribution in [1.29, 1.82) is 0 Å². The molecule has 0 atom stereocenters. The lowest BCUT2D eigenvalue weighted by Gasteiger charge is -2.10. The van der Waals surface area contributed by atoms with Crippen molar-refractivity contribution in [3.8, 4) is 0 Å². The van der Waals surface area contributed by atoms with E-state index in [2.05, 4.69) is 19.9 Å². The maximum atomic E-state index is 12.7. The SMILES string of the molecule is Cc1ccc2nc(CC(=O)c3cccnc3)c(CC(=O)c3cccnc3)nc2c1. The van der Waals surface area contributed by atoms with Gasteiger partial charge >= 0.3 is 0 Å². The average molecular weight is 382 g/mol. The third kappa shape index (κ3) is 4.21. The van der Waals surface area contributed by atoms with Crippen molar-refractivity contribution in [1.82, 2.24) is 19.9 Å². The van der Waals surface area contributed by atoms with Gasteiger partial charge in [-0.25, -0.2) is 9.97 Å². The molecule has 0 unspecified atom stereocenters. The van der Waals surface area contributed by atoms with Gasteiger partial charge in [0.25, 0.3) is 0 Å². The van der Waals surface area contributed by atoms with Crippen LogP contribution in [0, 0.1) is 6.92 Å². The van der Waals surface area contributed by atoms with Crippen LogP contribution in [0.3, 0.4) is 0 Å². The molecule has 6 nitrogen and oxygen atoms in total. The van der Waals surface area contributed by atoms with Gasteiger partial charge in [0.05, 0.1) is 35.3 Å². The van der Waals surface area contributed by atoms with E-state index in [1.54, 1.807) is 36.7 Å². The second-order valence-electron chi connectivity index (χ2n) is 6.79. The summed E-state index contributed by atoms with van der Waals surface area (Å²) >= 11 is 0. The number of aromatic nitrogens is 4. The Morgan fingerprint density at radius 3 is 1.83 bits per heavy atom. The second-order valence-corrected chi connectivity index (χ2v) is 6.79. The third-order valence-electron chi connectivity index (χ3n) is 4.60. The molecule has 29 heavy (non-hydrogen) atoms. The van der Waals surface area contributed by atoms with Crippen LogP contribution in [-0.4, -0.2) is 31.5 Å². The number of carbonyl (C=O) groups is 2. The summed E-state index contributed by atoms with van der Waals surface area (Å²) < 4.78 is 0. The number of Topliss-reactive ketones (excluding diaryl/α,β-unsaturated/α-hetero) is 2. The highest BCUT2D eigenvalue weighted by molar-refractivity contribution is 5.99. The molecule has 0 bridgehead atoms. The highest BCUT2D eigenvalue weighted by atomic mass is 16.1. The summed E-state index contributed by atoms with van der Waals surface area (Å²) in [7, 11) is 0. The zero-order chi connectivity index (χ0) is 20.2. The number of pyridine rings is 2. The molecule has 0 saturated carbocycles. The van der Waals surface area contributed by atoms with Crippen molar-refractivity contribution in [2.45, 2.75) is 19.8 Å². The molecule has 1 aromatic carbocycles. The Labute approximate surface area is 167 Å². The first-order chi connectivity index (χ1) is 14.1. The van der Waals surface area contributed by atoms with Crippen molar-refractivity contribution in [3.05, 3.63) is 95.3 Å². The molecule has 0 radical (unpaired) electrons. The van der Waals surface area contributed by atoms with Crippen LogP contribution < -0.4 is 0 Å². The molecule has 4 aromatic rings. The molecule has 0 aliphatic carbocycles. The maximum Gasteiger partial charge on any atom is 0.170 e. The van der Waals surface area contributed by atoms with Gasteiger partial charge in [0.15, 0.2) is 11.6 Å². The van der Waals surface area contributed by atoms with Crippen LogP contribution in [0.5, 0.6) is 0 Å². The standard InChI is InChI=1S/C23H18N4O2/c1-15-6-7-18-19(10-15)27-21(12-23(29)17-5-3-9-25-14-17)20(26-18)11-22(28)16-4-2-8-24-13-16/h2-10,13-14H,11-12H2,1H3. The number of aryl methyl sites for hydroxylation is 1. The van der Waals surface area contributed by atoms with Gasteiger partial charge in [-0.2, -0.15) is 0 Å². The summed E-state index contributed by atoms with van der Waals surface area (Å²) in [5, 5.41) is 0. The lowest BCUT2D eigenvalue weighted by Crippen LogP contribution is -2.14. The summed E-state index contributed by atoms with van der Waals surface area (Å²) in [6.45, 7) is 1.97. The topological polar surface area (TPSA) is 85.7 Å². The fraction of sp³-hybridized carbons (Fsp3) is 0.130. The number of rotatable bonds is 6. The molecule has 6 heteroatoms. The number of ketones is 2. The van der Waals surface area contributed by atoms with Gasteiger partial charge in [-0.1, -0.05) is 6.07 Å². The minimum atomic E-state index is -0.117. The molecule has 0 spiro atoms. The molecule has 0 amide bonds. The van der Waals surface area contributed by atoms with Gasteiger partial charge in [-0.15, -0.1) is 0 Å². The Kier molecular flexibility index (Phi) is 5.16. The predicted molar refractivity (Wildman–Crippen MR) is 109 cm³/mol.